The lowest BCUT2D eigenvalue weighted by molar-refractivity contribution is 0.588. The van der Waals surface area contributed by atoms with E-state index in [0.717, 1.165) is 35.4 Å². The summed E-state index contributed by atoms with van der Waals surface area (Å²) < 4.78 is 6.04. The highest BCUT2D eigenvalue weighted by atomic mass is 16.4. The van der Waals surface area contributed by atoms with Crippen LogP contribution in [0, 0.1) is 12.8 Å². The summed E-state index contributed by atoms with van der Waals surface area (Å²) in [6, 6.07) is 12.8. The number of hydrogen-bond acceptors (Lipinski definition) is 3. The number of oxazole rings is 1. The van der Waals surface area contributed by atoms with Gasteiger partial charge in [-0.25, -0.2) is 4.98 Å². The standard InChI is InChI=1S/C22H22N2O/c1-14(2)8-16-4-5-17(9-15(16)3)21-13-24-22(25-21)18-6-7-19-11-23-12-20(19)10-18/h4-7,9-10,12-14H,8,11H2,1-3H3. The molecule has 0 unspecified atom stereocenters. The summed E-state index contributed by atoms with van der Waals surface area (Å²) in [6.07, 6.45) is 4.83. The normalized spacial score (nSPS) is 12.8. The van der Waals surface area contributed by atoms with Gasteiger partial charge in [0.05, 0.1) is 12.7 Å². The molecule has 0 saturated carbocycles. The summed E-state index contributed by atoms with van der Waals surface area (Å²) in [7, 11) is 0. The van der Waals surface area contributed by atoms with Crippen LogP contribution in [-0.2, 0) is 13.0 Å². The van der Waals surface area contributed by atoms with Crippen LogP contribution in [0.25, 0.3) is 22.8 Å². The summed E-state index contributed by atoms with van der Waals surface area (Å²) in [5.74, 6) is 2.12. The molecule has 0 amide bonds. The van der Waals surface area contributed by atoms with Crippen molar-refractivity contribution in [2.24, 2.45) is 10.9 Å². The number of nitrogens with zero attached hydrogens (tertiary/aromatic N) is 2. The largest absolute Gasteiger partial charge is 0.436 e. The molecule has 25 heavy (non-hydrogen) atoms. The van der Waals surface area contributed by atoms with Crippen LogP contribution in [0.4, 0.5) is 0 Å². The summed E-state index contributed by atoms with van der Waals surface area (Å²) in [6.45, 7) is 7.43. The van der Waals surface area contributed by atoms with Gasteiger partial charge in [0.1, 0.15) is 0 Å². The molecule has 0 radical (unpaired) electrons. The zero-order valence-electron chi connectivity index (χ0n) is 14.9. The molecular weight excluding hydrogens is 308 g/mol. The van der Waals surface area contributed by atoms with Crippen molar-refractivity contribution in [1.82, 2.24) is 4.98 Å². The zero-order valence-corrected chi connectivity index (χ0v) is 14.9. The van der Waals surface area contributed by atoms with Crippen LogP contribution in [-0.4, -0.2) is 11.2 Å². The van der Waals surface area contributed by atoms with E-state index in [1.807, 2.05) is 12.4 Å². The fourth-order valence-corrected chi connectivity index (χ4v) is 3.29. The van der Waals surface area contributed by atoms with Crippen molar-refractivity contribution in [3.63, 3.8) is 0 Å². The van der Waals surface area contributed by atoms with Gasteiger partial charge in [0.15, 0.2) is 5.76 Å². The number of aryl methyl sites for hydroxylation is 1. The minimum absolute atomic E-state index is 0.655. The predicted molar refractivity (Wildman–Crippen MR) is 102 cm³/mol. The Hall–Kier alpha value is -2.68. The van der Waals surface area contributed by atoms with E-state index in [0.29, 0.717) is 11.8 Å². The highest BCUT2D eigenvalue weighted by molar-refractivity contribution is 5.86. The SMILES string of the molecule is Cc1cc(-c2cnc(-c3ccc4c(c3)C=NC4)o2)ccc1CC(C)C. The van der Waals surface area contributed by atoms with Crippen LogP contribution >= 0.6 is 0 Å². The fraction of sp³-hybridized carbons (Fsp3) is 0.273. The second-order valence-corrected chi connectivity index (χ2v) is 7.15. The Morgan fingerprint density at radius 1 is 1.08 bits per heavy atom. The molecule has 0 aliphatic carbocycles. The van der Waals surface area contributed by atoms with E-state index >= 15 is 0 Å². The van der Waals surface area contributed by atoms with Crippen LogP contribution < -0.4 is 0 Å². The molecule has 0 bridgehead atoms. The summed E-state index contributed by atoms with van der Waals surface area (Å²) in [5.41, 5.74) is 7.19. The molecule has 4 rings (SSSR count). The summed E-state index contributed by atoms with van der Waals surface area (Å²) in [5, 5.41) is 0. The van der Waals surface area contributed by atoms with Gasteiger partial charge in [0.25, 0.3) is 0 Å². The van der Waals surface area contributed by atoms with Gasteiger partial charge in [-0.05, 0) is 59.7 Å². The van der Waals surface area contributed by atoms with Gasteiger partial charge >= 0.3 is 0 Å². The van der Waals surface area contributed by atoms with E-state index in [1.165, 1.54) is 16.7 Å². The molecule has 2 heterocycles. The Morgan fingerprint density at radius 3 is 2.72 bits per heavy atom. The second kappa shape index (κ2) is 6.32. The third-order valence-corrected chi connectivity index (χ3v) is 4.65. The maximum Gasteiger partial charge on any atom is 0.226 e. The van der Waals surface area contributed by atoms with E-state index in [1.54, 1.807) is 0 Å². The minimum Gasteiger partial charge on any atom is -0.436 e. The van der Waals surface area contributed by atoms with Gasteiger partial charge < -0.3 is 4.42 Å². The quantitative estimate of drug-likeness (QED) is 0.638. The molecule has 2 aromatic carbocycles. The molecule has 0 saturated heterocycles. The molecule has 1 aromatic heterocycles. The number of fused-ring (bicyclic) bond motifs is 1. The lowest BCUT2D eigenvalue weighted by Crippen LogP contribution is -1.96. The minimum atomic E-state index is 0.655. The Morgan fingerprint density at radius 2 is 1.92 bits per heavy atom. The first-order valence-electron chi connectivity index (χ1n) is 8.79. The molecule has 126 valence electrons. The van der Waals surface area contributed by atoms with Crippen molar-refractivity contribution in [2.45, 2.75) is 33.7 Å². The van der Waals surface area contributed by atoms with Crippen LogP contribution in [0.2, 0.25) is 0 Å². The predicted octanol–water partition coefficient (Wildman–Crippen LogP) is 5.45. The van der Waals surface area contributed by atoms with Crippen molar-refractivity contribution < 1.29 is 4.42 Å². The van der Waals surface area contributed by atoms with Crippen LogP contribution in [0.15, 0.2) is 52.0 Å². The molecule has 0 fully saturated rings. The number of aliphatic imine (C=N–C) groups is 1. The number of hydrogen-bond donors (Lipinski definition) is 0. The third-order valence-electron chi connectivity index (χ3n) is 4.65. The van der Waals surface area contributed by atoms with E-state index in [2.05, 4.69) is 67.1 Å². The van der Waals surface area contributed by atoms with E-state index in [4.69, 9.17) is 4.42 Å². The van der Waals surface area contributed by atoms with Crippen molar-refractivity contribution in [3.05, 3.63) is 64.8 Å². The van der Waals surface area contributed by atoms with Gasteiger partial charge in [0, 0.05) is 17.3 Å². The topological polar surface area (TPSA) is 38.4 Å². The first kappa shape index (κ1) is 15.8. The van der Waals surface area contributed by atoms with Crippen LogP contribution in [0.3, 0.4) is 0 Å². The molecule has 0 atom stereocenters. The molecule has 0 spiro atoms. The van der Waals surface area contributed by atoms with Gasteiger partial charge in [-0.1, -0.05) is 32.0 Å². The van der Waals surface area contributed by atoms with Crippen molar-refractivity contribution in [1.29, 1.82) is 0 Å². The first-order valence-corrected chi connectivity index (χ1v) is 8.79. The highest BCUT2D eigenvalue weighted by Gasteiger charge is 2.13. The van der Waals surface area contributed by atoms with Crippen molar-refractivity contribution in [3.8, 4) is 22.8 Å². The zero-order chi connectivity index (χ0) is 17.4. The molecule has 3 nitrogen and oxygen atoms in total. The lowest BCUT2D eigenvalue weighted by atomic mass is 9.96. The maximum absolute atomic E-state index is 6.04. The number of benzene rings is 2. The molecule has 3 aromatic rings. The van der Waals surface area contributed by atoms with E-state index in [9.17, 15) is 0 Å². The number of aromatic nitrogens is 1. The fourth-order valence-electron chi connectivity index (χ4n) is 3.29. The molecule has 1 aliphatic rings. The molecular formula is C22H22N2O. The van der Waals surface area contributed by atoms with Crippen molar-refractivity contribution >= 4 is 6.21 Å². The molecule has 1 aliphatic heterocycles. The Kier molecular flexibility index (Phi) is 4.00. The first-order chi connectivity index (χ1) is 12.1. The van der Waals surface area contributed by atoms with E-state index < -0.39 is 0 Å². The second-order valence-electron chi connectivity index (χ2n) is 7.15. The monoisotopic (exact) mass is 330 g/mol. The van der Waals surface area contributed by atoms with Crippen LogP contribution in [0.5, 0.6) is 0 Å². The average Bonchev–Trinajstić information content (AvgIpc) is 3.24. The Balaban J connectivity index is 1.63. The Bertz CT molecular complexity index is 950. The number of rotatable bonds is 4. The average molecular weight is 330 g/mol. The van der Waals surface area contributed by atoms with Gasteiger partial charge in [-0.15, -0.1) is 0 Å². The summed E-state index contributed by atoms with van der Waals surface area (Å²) >= 11 is 0. The molecule has 0 N–H and O–H groups in total. The molecule has 3 heteroatoms. The maximum atomic E-state index is 6.04. The third kappa shape index (κ3) is 3.14. The van der Waals surface area contributed by atoms with E-state index in [-0.39, 0.29) is 0 Å². The Labute approximate surface area is 148 Å². The summed E-state index contributed by atoms with van der Waals surface area (Å²) in [4.78, 5) is 8.78. The smallest absolute Gasteiger partial charge is 0.226 e. The van der Waals surface area contributed by atoms with Crippen LogP contribution in [0.1, 0.15) is 36.1 Å². The van der Waals surface area contributed by atoms with Gasteiger partial charge in [-0.3, -0.25) is 4.99 Å². The lowest BCUT2D eigenvalue weighted by Gasteiger charge is -2.09. The van der Waals surface area contributed by atoms with Gasteiger partial charge in [0.2, 0.25) is 5.89 Å². The van der Waals surface area contributed by atoms with Crippen molar-refractivity contribution in [2.75, 3.05) is 0 Å². The van der Waals surface area contributed by atoms with Gasteiger partial charge in [-0.2, -0.15) is 0 Å². The highest BCUT2D eigenvalue weighted by Crippen LogP contribution is 2.29.